The van der Waals surface area contributed by atoms with Gasteiger partial charge in [-0.05, 0) is 76.3 Å². The minimum absolute atomic E-state index is 0.0698. The molecule has 12 nitrogen and oxygen atoms in total. The average molecular weight is 940 g/mol. The molecule has 0 radical (unpaired) electrons. The summed E-state index contributed by atoms with van der Waals surface area (Å²) in [6, 6.07) is 0. The summed E-state index contributed by atoms with van der Waals surface area (Å²) in [6.45, 7) is 16.6. The van der Waals surface area contributed by atoms with E-state index < -0.39 is 18.0 Å². The predicted octanol–water partition coefficient (Wildman–Crippen LogP) is 13.7. The Hall–Kier alpha value is -2.89. The van der Waals surface area contributed by atoms with Crippen LogP contribution in [0.25, 0.3) is 0 Å². The second-order valence-electron chi connectivity index (χ2n) is 18.6. The fraction of sp³-hybridized carbons (Fsp3) is 0.907. The second-order valence-corrected chi connectivity index (χ2v) is 18.6. The molecule has 0 saturated heterocycles. The van der Waals surface area contributed by atoms with E-state index >= 15 is 0 Å². The van der Waals surface area contributed by atoms with E-state index in [4.69, 9.17) is 28.4 Å². The maximum atomic E-state index is 12.7. The van der Waals surface area contributed by atoms with Crippen molar-refractivity contribution in [1.82, 2.24) is 4.90 Å². The van der Waals surface area contributed by atoms with Gasteiger partial charge < -0.3 is 33.3 Å². The van der Waals surface area contributed by atoms with Gasteiger partial charge in [0.25, 0.3) is 0 Å². The zero-order valence-corrected chi connectivity index (χ0v) is 43.5. The van der Waals surface area contributed by atoms with E-state index in [1.165, 1.54) is 89.9 Å². The molecule has 388 valence electrons. The van der Waals surface area contributed by atoms with Crippen molar-refractivity contribution < 1.29 is 52.4 Å². The number of esters is 4. The molecule has 0 aliphatic carbocycles. The predicted molar refractivity (Wildman–Crippen MR) is 265 cm³/mol. The molecular weight excluding hydrogens is 839 g/mol. The standard InChI is InChI=1S/C54H101NO11/c1-7-13-16-19-22-27-35-48(34-26-18-15-9-3)43-63-52(58)38-30-31-39-53(59)65-45-49(46-66-54(60)61-41-32-40-55(11-5)12-6)44-64-51(57)37-29-24-21-20-23-28-36-50(56)62-42-47(10-4)33-25-17-14-8-2/h47-49H,7-46H2,1-6H3. The number of ether oxygens (including phenoxy) is 6. The van der Waals surface area contributed by atoms with Crippen LogP contribution in [0.5, 0.6) is 0 Å². The highest BCUT2D eigenvalue weighted by molar-refractivity contribution is 5.71. The average Bonchev–Trinajstić information content (AvgIpc) is 3.32. The molecule has 0 aromatic rings. The third-order valence-electron chi connectivity index (χ3n) is 12.6. The molecule has 0 aliphatic heterocycles. The molecule has 0 saturated carbocycles. The summed E-state index contributed by atoms with van der Waals surface area (Å²) in [5.74, 6) is -0.822. The Labute approximate surface area is 403 Å². The number of hydrogen-bond acceptors (Lipinski definition) is 12. The Bertz CT molecular complexity index is 1160. The number of nitrogens with zero attached hydrogens (tertiary/aromatic N) is 1. The minimum atomic E-state index is -0.815. The van der Waals surface area contributed by atoms with Crippen molar-refractivity contribution in [2.45, 2.75) is 241 Å². The highest BCUT2D eigenvalue weighted by Gasteiger charge is 2.19. The van der Waals surface area contributed by atoms with Crippen molar-refractivity contribution in [3.8, 4) is 0 Å². The number of hydrogen-bond donors (Lipinski definition) is 0. The molecule has 0 aliphatic rings. The van der Waals surface area contributed by atoms with Crippen LogP contribution in [0.4, 0.5) is 4.79 Å². The summed E-state index contributed by atoms with van der Waals surface area (Å²) in [5, 5.41) is 0. The first-order valence-electron chi connectivity index (χ1n) is 27.3. The number of carbonyl (C=O) groups is 5. The summed E-state index contributed by atoms with van der Waals surface area (Å²) in [4.78, 5) is 64.8. The van der Waals surface area contributed by atoms with Gasteiger partial charge in [-0.2, -0.15) is 0 Å². The fourth-order valence-corrected chi connectivity index (χ4v) is 7.92. The van der Waals surface area contributed by atoms with E-state index in [1.807, 2.05) is 0 Å². The van der Waals surface area contributed by atoms with Gasteiger partial charge in [0.2, 0.25) is 0 Å². The molecule has 3 atom stereocenters. The van der Waals surface area contributed by atoms with Crippen LogP contribution in [-0.4, -0.2) is 94.2 Å². The van der Waals surface area contributed by atoms with Crippen LogP contribution in [0.15, 0.2) is 0 Å². The van der Waals surface area contributed by atoms with Gasteiger partial charge in [-0.25, -0.2) is 4.79 Å². The zero-order chi connectivity index (χ0) is 48.7. The molecule has 0 fully saturated rings. The third kappa shape index (κ3) is 41.3. The van der Waals surface area contributed by atoms with Gasteiger partial charge in [0.15, 0.2) is 0 Å². The summed E-state index contributed by atoms with van der Waals surface area (Å²) in [6.07, 6.45) is 28.9. The van der Waals surface area contributed by atoms with Crippen LogP contribution in [0.1, 0.15) is 241 Å². The normalized spacial score (nSPS) is 12.7. The molecule has 0 heterocycles. The first-order chi connectivity index (χ1) is 32.1. The molecule has 0 aromatic heterocycles. The van der Waals surface area contributed by atoms with Crippen LogP contribution in [0.2, 0.25) is 0 Å². The van der Waals surface area contributed by atoms with Crippen LogP contribution in [0, 0.1) is 17.8 Å². The first-order valence-corrected chi connectivity index (χ1v) is 27.3. The van der Waals surface area contributed by atoms with Gasteiger partial charge >= 0.3 is 30.0 Å². The Morgan fingerprint density at radius 2 is 0.682 bits per heavy atom. The van der Waals surface area contributed by atoms with Gasteiger partial charge in [0.1, 0.15) is 19.8 Å². The van der Waals surface area contributed by atoms with Crippen molar-refractivity contribution in [2.75, 3.05) is 59.3 Å². The quantitative estimate of drug-likeness (QED) is 0.0325. The fourth-order valence-electron chi connectivity index (χ4n) is 7.92. The Kier molecular flexibility index (Phi) is 45.1. The van der Waals surface area contributed by atoms with Crippen LogP contribution in [-0.2, 0) is 47.6 Å². The monoisotopic (exact) mass is 940 g/mol. The molecule has 0 aromatic carbocycles. The maximum Gasteiger partial charge on any atom is 0.508 e. The number of rotatable bonds is 48. The van der Waals surface area contributed by atoms with Crippen molar-refractivity contribution in [2.24, 2.45) is 17.8 Å². The van der Waals surface area contributed by atoms with E-state index in [2.05, 4.69) is 46.4 Å². The van der Waals surface area contributed by atoms with Crippen molar-refractivity contribution in [3.63, 3.8) is 0 Å². The van der Waals surface area contributed by atoms with E-state index in [0.717, 1.165) is 77.4 Å². The van der Waals surface area contributed by atoms with Gasteiger partial charge in [-0.1, -0.05) is 164 Å². The van der Waals surface area contributed by atoms with Gasteiger partial charge in [0.05, 0.1) is 25.7 Å². The molecule has 0 rings (SSSR count). The van der Waals surface area contributed by atoms with Gasteiger partial charge in [-0.15, -0.1) is 0 Å². The number of carbonyl (C=O) groups excluding carboxylic acids is 5. The van der Waals surface area contributed by atoms with Crippen LogP contribution in [0.3, 0.4) is 0 Å². The SMILES string of the molecule is CCCCCCCCC(CCCCCC)COC(=O)CCCCC(=O)OCC(COC(=O)CCCCCCCCC(=O)OCC(CC)CCCCCC)COC(=O)OCCCN(CC)CC. The molecule has 12 heteroatoms. The summed E-state index contributed by atoms with van der Waals surface area (Å²) in [5.41, 5.74) is 0. The topological polar surface area (TPSA) is 144 Å². The van der Waals surface area contributed by atoms with E-state index in [1.54, 1.807) is 0 Å². The lowest BCUT2D eigenvalue weighted by atomic mass is 9.95. The smallest absolute Gasteiger partial charge is 0.465 e. The molecule has 0 spiro atoms. The molecular formula is C54H101NO11. The van der Waals surface area contributed by atoms with Crippen molar-refractivity contribution in [3.05, 3.63) is 0 Å². The Morgan fingerprint density at radius 1 is 0.348 bits per heavy atom. The van der Waals surface area contributed by atoms with E-state index in [0.29, 0.717) is 57.2 Å². The van der Waals surface area contributed by atoms with Crippen molar-refractivity contribution in [1.29, 1.82) is 0 Å². The lowest BCUT2D eigenvalue weighted by molar-refractivity contribution is -0.151. The minimum Gasteiger partial charge on any atom is -0.465 e. The summed E-state index contributed by atoms with van der Waals surface area (Å²) < 4.78 is 32.9. The van der Waals surface area contributed by atoms with Gasteiger partial charge in [-0.3, -0.25) is 19.2 Å². The second kappa shape index (κ2) is 47.2. The molecule has 0 bridgehead atoms. The molecule has 0 amide bonds. The summed E-state index contributed by atoms with van der Waals surface area (Å²) >= 11 is 0. The zero-order valence-electron chi connectivity index (χ0n) is 43.5. The lowest BCUT2D eigenvalue weighted by Gasteiger charge is -2.18. The highest BCUT2D eigenvalue weighted by atomic mass is 16.7. The lowest BCUT2D eigenvalue weighted by Crippen LogP contribution is -2.27. The largest absolute Gasteiger partial charge is 0.508 e. The molecule has 0 N–H and O–H groups in total. The van der Waals surface area contributed by atoms with E-state index in [9.17, 15) is 24.0 Å². The van der Waals surface area contributed by atoms with Crippen LogP contribution >= 0.6 is 0 Å². The Balaban J connectivity index is 4.67. The van der Waals surface area contributed by atoms with Gasteiger partial charge in [0, 0.05) is 32.2 Å². The summed E-state index contributed by atoms with van der Waals surface area (Å²) in [7, 11) is 0. The Morgan fingerprint density at radius 3 is 1.11 bits per heavy atom. The van der Waals surface area contributed by atoms with E-state index in [-0.39, 0.29) is 63.6 Å². The number of unbranched alkanes of at least 4 members (excludes halogenated alkanes) is 17. The third-order valence-corrected chi connectivity index (χ3v) is 12.6. The molecule has 3 unspecified atom stereocenters. The van der Waals surface area contributed by atoms with Crippen molar-refractivity contribution >= 4 is 30.0 Å². The maximum absolute atomic E-state index is 12.7. The first kappa shape index (κ1) is 63.1. The highest BCUT2D eigenvalue weighted by Crippen LogP contribution is 2.21. The molecule has 66 heavy (non-hydrogen) atoms. The van der Waals surface area contributed by atoms with Crippen LogP contribution < -0.4 is 0 Å².